The fourth-order valence-electron chi connectivity index (χ4n) is 3.56. The Labute approximate surface area is 180 Å². The van der Waals surface area contributed by atoms with E-state index in [4.69, 9.17) is 17.3 Å². The second kappa shape index (κ2) is 9.20. The van der Waals surface area contributed by atoms with Crippen LogP contribution in [0.4, 0.5) is 4.39 Å². The Morgan fingerprint density at radius 1 is 1.35 bits per heavy atom. The van der Waals surface area contributed by atoms with Crippen molar-refractivity contribution in [2.24, 2.45) is 0 Å². The van der Waals surface area contributed by atoms with Crippen LogP contribution in [-0.4, -0.2) is 50.4 Å². The molecule has 0 saturated carbocycles. The number of ether oxygens (including phenoxy) is 2. The van der Waals surface area contributed by atoms with E-state index in [1.807, 2.05) is 0 Å². The van der Waals surface area contributed by atoms with E-state index in [1.54, 1.807) is 30.3 Å². The molecule has 2 amide bonds. The van der Waals surface area contributed by atoms with Gasteiger partial charge in [-0.25, -0.2) is 4.39 Å². The van der Waals surface area contributed by atoms with Crippen molar-refractivity contribution >= 4 is 25.9 Å². The molecule has 160 valence electrons. The van der Waals surface area contributed by atoms with Gasteiger partial charge in [0.2, 0.25) is 5.91 Å². The monoisotopic (exact) mass is 424 g/mol. The van der Waals surface area contributed by atoms with Crippen LogP contribution in [0.1, 0.15) is 34.3 Å². The van der Waals surface area contributed by atoms with Gasteiger partial charge in [0.1, 0.15) is 38.1 Å². The predicted octanol–water partition coefficient (Wildman–Crippen LogP) is 1.96. The smallest absolute Gasteiger partial charge is 0.254 e. The lowest BCUT2D eigenvalue weighted by Gasteiger charge is -2.37. The number of nitrogens with zero attached hydrogens (tertiary/aromatic N) is 1. The molecule has 1 unspecified atom stereocenters. The fourth-order valence-corrected chi connectivity index (χ4v) is 3.56. The lowest BCUT2D eigenvalue weighted by molar-refractivity contribution is -0.127. The molecule has 1 aliphatic rings. The van der Waals surface area contributed by atoms with Crippen LogP contribution in [0, 0.1) is 5.82 Å². The van der Waals surface area contributed by atoms with E-state index < -0.39 is 23.1 Å². The van der Waals surface area contributed by atoms with Crippen LogP contribution in [-0.2, 0) is 22.7 Å². The summed E-state index contributed by atoms with van der Waals surface area (Å²) in [5.74, 6) is -0.699. The normalized spacial score (nSPS) is 14.5. The minimum atomic E-state index is -1.69. The summed E-state index contributed by atoms with van der Waals surface area (Å²) in [4.78, 5) is 37.6. The highest BCUT2D eigenvalue weighted by molar-refractivity contribution is 6.30. The molecule has 0 saturated heterocycles. The standard InChI is InChI=1S/C22H22BFN2O5/c1-25-21(29)22(23,9-4-10-27)26-12-17-16(20(26)28)5-3-6-19(17)31-13-14-7-8-15(30-2)11-18(14)24/h3,5-8,10-11H,4,9,12-13H2,1-2H3,(H,25,29). The zero-order chi connectivity index (χ0) is 22.6. The highest BCUT2D eigenvalue weighted by Gasteiger charge is 2.45. The molecule has 0 aromatic heterocycles. The molecule has 1 atom stereocenters. The van der Waals surface area contributed by atoms with E-state index in [0.29, 0.717) is 34.5 Å². The molecule has 7 nitrogen and oxygen atoms in total. The maximum absolute atomic E-state index is 14.2. The molecule has 2 aromatic rings. The quantitative estimate of drug-likeness (QED) is 0.492. The van der Waals surface area contributed by atoms with Gasteiger partial charge in [-0.1, -0.05) is 6.07 Å². The van der Waals surface area contributed by atoms with Crippen molar-refractivity contribution in [2.45, 2.75) is 31.4 Å². The van der Waals surface area contributed by atoms with Gasteiger partial charge < -0.3 is 24.5 Å². The van der Waals surface area contributed by atoms with Crippen molar-refractivity contribution in [3.8, 4) is 11.5 Å². The van der Waals surface area contributed by atoms with Crippen LogP contribution in [0.2, 0.25) is 0 Å². The highest BCUT2D eigenvalue weighted by atomic mass is 19.1. The lowest BCUT2D eigenvalue weighted by Crippen LogP contribution is -2.59. The number of benzene rings is 2. The van der Waals surface area contributed by atoms with Gasteiger partial charge in [-0.05, 0) is 30.7 Å². The van der Waals surface area contributed by atoms with Crippen molar-refractivity contribution in [3.63, 3.8) is 0 Å². The first-order valence-electron chi connectivity index (χ1n) is 9.69. The Morgan fingerprint density at radius 2 is 2.13 bits per heavy atom. The van der Waals surface area contributed by atoms with E-state index in [-0.39, 0.29) is 26.0 Å². The summed E-state index contributed by atoms with van der Waals surface area (Å²) >= 11 is 0. The van der Waals surface area contributed by atoms with Crippen LogP contribution in [0.15, 0.2) is 36.4 Å². The number of hydrogen-bond donors (Lipinski definition) is 1. The lowest BCUT2D eigenvalue weighted by atomic mass is 9.71. The number of halogens is 1. The van der Waals surface area contributed by atoms with Gasteiger partial charge in [-0.2, -0.15) is 0 Å². The van der Waals surface area contributed by atoms with Crippen molar-refractivity contribution in [2.75, 3.05) is 14.2 Å². The van der Waals surface area contributed by atoms with Gasteiger partial charge in [-0.3, -0.25) is 9.59 Å². The predicted molar refractivity (Wildman–Crippen MR) is 111 cm³/mol. The number of likely N-dealkylation sites (N-methyl/N-ethyl adjacent to an activating group) is 1. The molecule has 31 heavy (non-hydrogen) atoms. The summed E-state index contributed by atoms with van der Waals surface area (Å²) in [6.45, 7) is -0.0347. The van der Waals surface area contributed by atoms with E-state index in [2.05, 4.69) is 5.32 Å². The first-order chi connectivity index (χ1) is 14.8. The van der Waals surface area contributed by atoms with Gasteiger partial charge in [0.25, 0.3) is 5.91 Å². The van der Waals surface area contributed by atoms with Crippen molar-refractivity contribution < 1.29 is 28.2 Å². The first kappa shape index (κ1) is 22.3. The molecule has 1 N–H and O–H groups in total. The molecule has 1 aliphatic heterocycles. The van der Waals surface area contributed by atoms with Gasteiger partial charge in [0.15, 0.2) is 0 Å². The van der Waals surface area contributed by atoms with Crippen LogP contribution >= 0.6 is 0 Å². The largest absolute Gasteiger partial charge is 0.497 e. The molecule has 1 heterocycles. The van der Waals surface area contributed by atoms with Crippen LogP contribution in [0.3, 0.4) is 0 Å². The number of nitrogens with one attached hydrogen (secondary N) is 1. The SMILES string of the molecule is [B]C(CCC=O)(C(=O)NC)N1Cc2c(OCc3ccc(OC)cc3F)cccc2C1=O. The van der Waals surface area contributed by atoms with Crippen LogP contribution < -0.4 is 14.8 Å². The Hall–Kier alpha value is -3.36. The number of hydrogen-bond acceptors (Lipinski definition) is 5. The number of rotatable bonds is 9. The van der Waals surface area contributed by atoms with E-state index in [0.717, 1.165) is 0 Å². The summed E-state index contributed by atoms with van der Waals surface area (Å²) in [6, 6.07) is 9.37. The third-order valence-electron chi connectivity index (χ3n) is 5.31. The van der Waals surface area contributed by atoms with E-state index in [1.165, 1.54) is 25.1 Å². The summed E-state index contributed by atoms with van der Waals surface area (Å²) in [5.41, 5.74) is -0.474. The molecule has 0 bridgehead atoms. The zero-order valence-electron chi connectivity index (χ0n) is 17.3. The number of amides is 2. The van der Waals surface area contributed by atoms with Crippen molar-refractivity contribution in [1.29, 1.82) is 0 Å². The highest BCUT2D eigenvalue weighted by Crippen LogP contribution is 2.36. The molecule has 2 radical (unpaired) electrons. The third-order valence-corrected chi connectivity index (χ3v) is 5.31. The van der Waals surface area contributed by atoms with E-state index >= 15 is 0 Å². The molecule has 9 heteroatoms. The number of aldehydes is 1. The summed E-state index contributed by atoms with van der Waals surface area (Å²) in [6.07, 6.45) is 0.642. The maximum atomic E-state index is 14.2. The summed E-state index contributed by atoms with van der Waals surface area (Å²) in [5, 5.41) is 2.46. The molecule has 0 fully saturated rings. The summed E-state index contributed by atoms with van der Waals surface area (Å²) in [7, 11) is 9.17. The second-order valence-corrected chi connectivity index (χ2v) is 7.13. The molecule has 3 rings (SSSR count). The average molecular weight is 424 g/mol. The molecule has 0 aliphatic carbocycles. The number of fused-ring (bicyclic) bond motifs is 1. The minimum Gasteiger partial charge on any atom is -0.497 e. The molecular weight excluding hydrogens is 402 g/mol. The van der Waals surface area contributed by atoms with Gasteiger partial charge in [-0.15, -0.1) is 0 Å². The Balaban J connectivity index is 1.85. The third kappa shape index (κ3) is 4.26. The van der Waals surface area contributed by atoms with Crippen molar-refractivity contribution in [1.82, 2.24) is 10.2 Å². The Bertz CT molecular complexity index is 1020. The Kier molecular flexibility index (Phi) is 6.63. The molecular formula is C22H22BFN2O5. The second-order valence-electron chi connectivity index (χ2n) is 7.13. The molecule has 2 aromatic carbocycles. The van der Waals surface area contributed by atoms with Crippen LogP contribution in [0.5, 0.6) is 11.5 Å². The van der Waals surface area contributed by atoms with Crippen LogP contribution in [0.25, 0.3) is 0 Å². The number of methoxy groups -OCH3 is 1. The minimum absolute atomic E-state index is 0.0180. The summed E-state index contributed by atoms with van der Waals surface area (Å²) < 4.78 is 25.0. The van der Waals surface area contributed by atoms with Gasteiger partial charge in [0, 0.05) is 36.2 Å². The number of carbonyl (C=O) groups is 3. The van der Waals surface area contributed by atoms with Crippen molar-refractivity contribution in [3.05, 3.63) is 58.9 Å². The topological polar surface area (TPSA) is 84.9 Å². The van der Waals surface area contributed by atoms with Gasteiger partial charge >= 0.3 is 0 Å². The average Bonchev–Trinajstić information content (AvgIpc) is 3.13. The zero-order valence-corrected chi connectivity index (χ0v) is 17.3. The molecule has 0 spiro atoms. The van der Waals surface area contributed by atoms with Gasteiger partial charge in [0.05, 0.1) is 19.1 Å². The number of carbonyl (C=O) groups excluding carboxylic acids is 3. The fraction of sp³-hybridized carbons (Fsp3) is 0.318. The first-order valence-corrected chi connectivity index (χ1v) is 9.69. The van der Waals surface area contributed by atoms with E-state index in [9.17, 15) is 18.8 Å². The Morgan fingerprint density at radius 3 is 2.77 bits per heavy atom. The maximum Gasteiger partial charge on any atom is 0.254 e.